The van der Waals surface area contributed by atoms with Gasteiger partial charge in [0.05, 0.1) is 18.0 Å². The number of hydroxylamine groups is 2. The maximum atomic E-state index is 12.0. The molecular formula is C16H21N3O7. The van der Waals surface area contributed by atoms with E-state index in [0.29, 0.717) is 26.2 Å². The zero-order chi connectivity index (χ0) is 19.3. The predicted octanol–water partition coefficient (Wildman–Crippen LogP) is 2.58. The lowest BCUT2D eigenvalue weighted by molar-refractivity contribution is -0.384. The minimum absolute atomic E-state index is 0.107. The molecule has 142 valence electrons. The van der Waals surface area contributed by atoms with Crippen LogP contribution < -0.4 is 4.74 Å². The summed E-state index contributed by atoms with van der Waals surface area (Å²) in [6, 6.07) is 5.06. The molecule has 10 nitrogen and oxygen atoms in total. The topological polar surface area (TPSA) is 111 Å². The molecule has 1 aliphatic heterocycles. The fraction of sp³-hybridized carbons (Fsp3) is 0.500. The molecule has 0 aromatic heterocycles. The van der Waals surface area contributed by atoms with Crippen molar-refractivity contribution in [3.8, 4) is 5.75 Å². The molecule has 1 fully saturated rings. The average molecular weight is 367 g/mol. The van der Waals surface area contributed by atoms with Gasteiger partial charge in [0.25, 0.3) is 5.69 Å². The Morgan fingerprint density at radius 2 is 1.65 bits per heavy atom. The van der Waals surface area contributed by atoms with E-state index in [-0.39, 0.29) is 11.4 Å². The number of amides is 1. The molecule has 0 aliphatic carbocycles. The number of hydrogen-bond acceptors (Lipinski definition) is 8. The third-order valence-corrected chi connectivity index (χ3v) is 3.34. The molecule has 10 heteroatoms. The number of hydrogen-bond donors (Lipinski definition) is 0. The third-order valence-electron chi connectivity index (χ3n) is 3.34. The normalized spacial score (nSPS) is 15.3. The van der Waals surface area contributed by atoms with Gasteiger partial charge in [0.1, 0.15) is 11.4 Å². The summed E-state index contributed by atoms with van der Waals surface area (Å²) in [6.45, 7) is 6.69. The lowest BCUT2D eigenvalue weighted by Gasteiger charge is -2.34. The first-order chi connectivity index (χ1) is 12.1. The summed E-state index contributed by atoms with van der Waals surface area (Å²) < 4.78 is 10.2. The predicted molar refractivity (Wildman–Crippen MR) is 89.6 cm³/mol. The van der Waals surface area contributed by atoms with Crippen molar-refractivity contribution in [3.63, 3.8) is 0 Å². The van der Waals surface area contributed by atoms with Gasteiger partial charge in [-0.15, -0.1) is 5.06 Å². The Morgan fingerprint density at radius 3 is 2.15 bits per heavy atom. The molecule has 0 bridgehead atoms. The van der Waals surface area contributed by atoms with Crippen molar-refractivity contribution in [1.29, 1.82) is 0 Å². The van der Waals surface area contributed by atoms with Gasteiger partial charge in [-0.25, -0.2) is 9.59 Å². The number of ether oxygens (including phenoxy) is 2. The molecule has 26 heavy (non-hydrogen) atoms. The van der Waals surface area contributed by atoms with E-state index in [9.17, 15) is 19.7 Å². The summed E-state index contributed by atoms with van der Waals surface area (Å²) in [4.78, 5) is 40.4. The number of nitrogens with zero attached hydrogens (tertiary/aromatic N) is 3. The van der Waals surface area contributed by atoms with Crippen LogP contribution in [-0.4, -0.2) is 58.9 Å². The zero-order valence-corrected chi connectivity index (χ0v) is 14.8. The Balaban J connectivity index is 1.77. The summed E-state index contributed by atoms with van der Waals surface area (Å²) in [5.74, 6) is 0.132. The quantitative estimate of drug-likeness (QED) is 0.347. The van der Waals surface area contributed by atoms with Crippen molar-refractivity contribution in [1.82, 2.24) is 9.96 Å². The first kappa shape index (κ1) is 19.4. The van der Waals surface area contributed by atoms with Crippen molar-refractivity contribution in [3.05, 3.63) is 34.4 Å². The number of carbonyl (C=O) groups excluding carboxylic acids is 2. The van der Waals surface area contributed by atoms with Crippen molar-refractivity contribution >= 4 is 17.9 Å². The van der Waals surface area contributed by atoms with Gasteiger partial charge in [0.2, 0.25) is 0 Å². The van der Waals surface area contributed by atoms with Gasteiger partial charge < -0.3 is 19.2 Å². The van der Waals surface area contributed by atoms with Crippen molar-refractivity contribution in [2.75, 3.05) is 26.2 Å². The number of benzene rings is 1. The molecule has 0 spiro atoms. The zero-order valence-electron chi connectivity index (χ0n) is 14.8. The monoisotopic (exact) mass is 367 g/mol. The average Bonchev–Trinajstić information content (AvgIpc) is 2.54. The molecule has 1 amide bonds. The minimum atomic E-state index is -0.954. The van der Waals surface area contributed by atoms with Crippen LogP contribution in [0.4, 0.5) is 15.3 Å². The van der Waals surface area contributed by atoms with Gasteiger partial charge in [0.15, 0.2) is 0 Å². The van der Waals surface area contributed by atoms with Crippen LogP contribution in [0.1, 0.15) is 20.8 Å². The number of nitro benzene ring substituents is 1. The Hall–Kier alpha value is -2.88. The van der Waals surface area contributed by atoms with E-state index >= 15 is 0 Å². The van der Waals surface area contributed by atoms with E-state index in [1.165, 1.54) is 34.2 Å². The summed E-state index contributed by atoms with van der Waals surface area (Å²) in [5.41, 5.74) is -0.678. The second-order valence-corrected chi connectivity index (χ2v) is 6.59. The Morgan fingerprint density at radius 1 is 1.08 bits per heavy atom. The van der Waals surface area contributed by atoms with Gasteiger partial charge >= 0.3 is 12.2 Å². The third kappa shape index (κ3) is 5.88. The second-order valence-electron chi connectivity index (χ2n) is 6.59. The molecule has 1 aromatic rings. The molecule has 0 saturated carbocycles. The SMILES string of the molecule is CC(C)(C)OC(=O)N1CCN(OC(=O)Oc2ccc([N+](=O)[O-])cc2)CC1. The van der Waals surface area contributed by atoms with Crippen LogP contribution in [0.5, 0.6) is 5.75 Å². The Kier molecular flexibility index (Phi) is 5.98. The lowest BCUT2D eigenvalue weighted by Crippen LogP contribution is -2.50. The van der Waals surface area contributed by atoms with Crippen LogP contribution in [0.3, 0.4) is 0 Å². The molecule has 2 rings (SSSR count). The fourth-order valence-electron chi connectivity index (χ4n) is 2.14. The van der Waals surface area contributed by atoms with E-state index in [0.717, 1.165) is 0 Å². The molecule has 0 unspecified atom stereocenters. The van der Waals surface area contributed by atoms with Crippen molar-refractivity contribution < 1.29 is 28.8 Å². The molecule has 1 aromatic carbocycles. The maximum absolute atomic E-state index is 12.0. The van der Waals surface area contributed by atoms with Crippen LogP contribution in [0.25, 0.3) is 0 Å². The first-order valence-corrected chi connectivity index (χ1v) is 8.01. The van der Waals surface area contributed by atoms with Crippen LogP contribution in [0, 0.1) is 10.1 Å². The fourth-order valence-corrected chi connectivity index (χ4v) is 2.14. The molecule has 1 saturated heterocycles. The lowest BCUT2D eigenvalue weighted by atomic mass is 10.2. The van der Waals surface area contributed by atoms with Gasteiger partial charge in [-0.2, -0.15) is 0 Å². The Labute approximate surface area is 150 Å². The van der Waals surface area contributed by atoms with Crippen LogP contribution >= 0.6 is 0 Å². The summed E-state index contributed by atoms with van der Waals surface area (Å²) in [5, 5.41) is 12.0. The number of non-ortho nitro benzene ring substituents is 1. The molecule has 1 heterocycles. The van der Waals surface area contributed by atoms with Crippen LogP contribution in [-0.2, 0) is 9.57 Å². The second kappa shape index (κ2) is 8.00. The van der Waals surface area contributed by atoms with Gasteiger partial charge in [-0.3, -0.25) is 10.1 Å². The summed E-state index contributed by atoms with van der Waals surface area (Å²) in [7, 11) is 0. The highest BCUT2D eigenvalue weighted by atomic mass is 16.8. The molecule has 0 N–H and O–H groups in total. The molecule has 0 atom stereocenters. The van der Waals surface area contributed by atoms with Crippen molar-refractivity contribution in [2.45, 2.75) is 26.4 Å². The van der Waals surface area contributed by atoms with E-state index in [4.69, 9.17) is 14.3 Å². The summed E-state index contributed by atoms with van der Waals surface area (Å²) in [6.07, 6.45) is -1.37. The largest absolute Gasteiger partial charge is 0.533 e. The highest BCUT2D eigenvalue weighted by molar-refractivity contribution is 5.68. The standard InChI is InChI=1S/C16H21N3O7/c1-16(2,3)25-14(20)17-8-10-18(11-9-17)26-15(21)24-13-6-4-12(5-7-13)19(22)23/h4-7H,8-11H2,1-3H3. The van der Waals surface area contributed by atoms with Crippen molar-refractivity contribution in [2.24, 2.45) is 0 Å². The maximum Gasteiger partial charge on any atom is 0.533 e. The van der Waals surface area contributed by atoms with E-state index in [1.807, 2.05) is 0 Å². The van der Waals surface area contributed by atoms with Crippen LogP contribution in [0.15, 0.2) is 24.3 Å². The smallest absolute Gasteiger partial charge is 0.444 e. The van der Waals surface area contributed by atoms with Gasteiger partial charge in [-0.05, 0) is 32.9 Å². The summed E-state index contributed by atoms with van der Waals surface area (Å²) >= 11 is 0. The van der Waals surface area contributed by atoms with Gasteiger partial charge in [0, 0.05) is 25.2 Å². The van der Waals surface area contributed by atoms with Crippen LogP contribution in [0.2, 0.25) is 0 Å². The first-order valence-electron chi connectivity index (χ1n) is 8.01. The van der Waals surface area contributed by atoms with E-state index in [2.05, 4.69) is 0 Å². The van der Waals surface area contributed by atoms with Gasteiger partial charge in [-0.1, -0.05) is 0 Å². The van der Waals surface area contributed by atoms with E-state index < -0.39 is 22.8 Å². The Bertz CT molecular complexity index is 661. The molecular weight excluding hydrogens is 346 g/mol. The number of carbonyl (C=O) groups is 2. The number of piperazine rings is 1. The number of rotatable bonds is 3. The minimum Gasteiger partial charge on any atom is -0.444 e. The van der Waals surface area contributed by atoms with E-state index in [1.54, 1.807) is 20.8 Å². The highest BCUT2D eigenvalue weighted by Gasteiger charge is 2.27. The molecule has 0 radical (unpaired) electrons. The number of nitro groups is 1. The molecule has 1 aliphatic rings. The highest BCUT2D eigenvalue weighted by Crippen LogP contribution is 2.18.